The summed E-state index contributed by atoms with van der Waals surface area (Å²) in [6.07, 6.45) is 3.97. The number of nitrogens with zero attached hydrogens (tertiary/aromatic N) is 4. The molecule has 1 N–H and O–H groups in total. The molecule has 1 unspecified atom stereocenters. The van der Waals surface area contributed by atoms with Gasteiger partial charge in [-0.1, -0.05) is 5.16 Å². The molecule has 2 aliphatic rings. The normalized spacial score (nSPS) is 20.7. The topological polar surface area (TPSA) is 83.7 Å². The Labute approximate surface area is 161 Å². The number of hydrogen-bond donors (Lipinski definition) is 1. The molecule has 27 heavy (non-hydrogen) atoms. The number of ether oxygens (including phenoxy) is 1. The van der Waals surface area contributed by atoms with E-state index in [1.807, 2.05) is 18.7 Å². The highest BCUT2D eigenvalue weighted by molar-refractivity contribution is 5.76. The molecule has 2 fully saturated rings. The Balaban J connectivity index is 1.37. The number of hydrogen-bond acceptors (Lipinski definition) is 7. The molecule has 3 heterocycles. The maximum absolute atomic E-state index is 12.5. The third kappa shape index (κ3) is 5.99. The van der Waals surface area contributed by atoms with Crippen molar-refractivity contribution in [3.63, 3.8) is 0 Å². The summed E-state index contributed by atoms with van der Waals surface area (Å²) in [4.78, 5) is 21.2. The van der Waals surface area contributed by atoms with Gasteiger partial charge in [-0.05, 0) is 52.1 Å². The number of carbonyl (C=O) groups excluding carboxylic acids is 1. The van der Waals surface area contributed by atoms with Crippen molar-refractivity contribution in [2.75, 3.05) is 45.9 Å². The van der Waals surface area contributed by atoms with E-state index in [2.05, 4.69) is 20.4 Å². The van der Waals surface area contributed by atoms with E-state index in [0.717, 1.165) is 45.7 Å². The summed E-state index contributed by atoms with van der Waals surface area (Å²) in [6, 6.07) is 0. The molecule has 0 aliphatic carbocycles. The van der Waals surface area contributed by atoms with Crippen LogP contribution in [0.3, 0.4) is 0 Å². The van der Waals surface area contributed by atoms with Crippen LogP contribution in [0.15, 0.2) is 4.52 Å². The van der Waals surface area contributed by atoms with Crippen LogP contribution in [-0.4, -0.2) is 71.7 Å². The van der Waals surface area contributed by atoms with Crippen molar-refractivity contribution in [3.8, 4) is 0 Å². The van der Waals surface area contributed by atoms with E-state index in [1.54, 1.807) is 0 Å². The van der Waals surface area contributed by atoms with Crippen LogP contribution >= 0.6 is 0 Å². The van der Waals surface area contributed by atoms with Gasteiger partial charge in [-0.25, -0.2) is 0 Å². The summed E-state index contributed by atoms with van der Waals surface area (Å²) in [6.45, 7) is 10.6. The van der Waals surface area contributed by atoms with Crippen LogP contribution in [0.4, 0.5) is 0 Å². The SMILES string of the molecule is CCOC(C)c1noc(CN2CCN(C(=O)CCC3CCNCC3)CC2)n1. The van der Waals surface area contributed by atoms with E-state index in [4.69, 9.17) is 9.26 Å². The van der Waals surface area contributed by atoms with Gasteiger partial charge in [0.25, 0.3) is 0 Å². The van der Waals surface area contributed by atoms with Crippen LogP contribution in [0.25, 0.3) is 0 Å². The lowest BCUT2D eigenvalue weighted by molar-refractivity contribution is -0.133. The molecule has 1 aromatic rings. The summed E-state index contributed by atoms with van der Waals surface area (Å²) in [7, 11) is 0. The Kier molecular flexibility index (Phi) is 7.60. The summed E-state index contributed by atoms with van der Waals surface area (Å²) in [5, 5.41) is 7.38. The first kappa shape index (κ1) is 20.2. The molecule has 2 saturated heterocycles. The Morgan fingerprint density at radius 1 is 1.30 bits per heavy atom. The average Bonchev–Trinajstić information content (AvgIpc) is 3.16. The number of rotatable bonds is 8. The van der Waals surface area contributed by atoms with Crippen LogP contribution in [0, 0.1) is 5.92 Å². The summed E-state index contributed by atoms with van der Waals surface area (Å²) < 4.78 is 10.8. The molecule has 8 nitrogen and oxygen atoms in total. The quantitative estimate of drug-likeness (QED) is 0.734. The number of piperazine rings is 1. The molecule has 0 spiro atoms. The van der Waals surface area contributed by atoms with Crippen LogP contribution in [0.1, 0.15) is 57.3 Å². The minimum atomic E-state index is -0.151. The Morgan fingerprint density at radius 2 is 2.04 bits per heavy atom. The Morgan fingerprint density at radius 3 is 2.74 bits per heavy atom. The van der Waals surface area contributed by atoms with Crippen molar-refractivity contribution in [2.45, 2.75) is 52.2 Å². The predicted molar refractivity (Wildman–Crippen MR) is 101 cm³/mol. The lowest BCUT2D eigenvalue weighted by atomic mass is 9.93. The van der Waals surface area contributed by atoms with Crippen molar-refractivity contribution in [2.24, 2.45) is 5.92 Å². The molecular weight excluding hydrogens is 346 g/mol. The highest BCUT2D eigenvalue weighted by Gasteiger charge is 2.24. The van der Waals surface area contributed by atoms with E-state index in [-0.39, 0.29) is 6.10 Å². The van der Waals surface area contributed by atoms with Gasteiger partial charge in [0.15, 0.2) is 5.82 Å². The van der Waals surface area contributed by atoms with Crippen molar-refractivity contribution >= 4 is 5.91 Å². The van der Waals surface area contributed by atoms with Gasteiger partial charge in [-0.2, -0.15) is 4.98 Å². The zero-order valence-corrected chi connectivity index (χ0v) is 16.7. The summed E-state index contributed by atoms with van der Waals surface area (Å²) in [5.41, 5.74) is 0. The minimum Gasteiger partial charge on any atom is -0.371 e. The van der Waals surface area contributed by atoms with E-state index < -0.39 is 0 Å². The fourth-order valence-electron chi connectivity index (χ4n) is 3.82. The van der Waals surface area contributed by atoms with Crippen LogP contribution in [0.2, 0.25) is 0 Å². The number of aromatic nitrogens is 2. The highest BCUT2D eigenvalue weighted by atomic mass is 16.5. The molecule has 0 aromatic carbocycles. The molecule has 152 valence electrons. The van der Waals surface area contributed by atoms with Gasteiger partial charge in [0.05, 0.1) is 6.54 Å². The van der Waals surface area contributed by atoms with Gasteiger partial charge in [-0.15, -0.1) is 0 Å². The zero-order valence-electron chi connectivity index (χ0n) is 16.7. The third-order valence-corrected chi connectivity index (χ3v) is 5.57. The van der Waals surface area contributed by atoms with Crippen LogP contribution in [0.5, 0.6) is 0 Å². The number of nitrogens with one attached hydrogen (secondary N) is 1. The molecule has 2 aliphatic heterocycles. The van der Waals surface area contributed by atoms with E-state index in [0.29, 0.717) is 43.1 Å². The van der Waals surface area contributed by atoms with Crippen LogP contribution < -0.4 is 5.32 Å². The molecule has 1 atom stereocenters. The van der Waals surface area contributed by atoms with Crippen molar-refractivity contribution in [1.29, 1.82) is 0 Å². The second-order valence-electron chi connectivity index (χ2n) is 7.53. The molecule has 0 bridgehead atoms. The monoisotopic (exact) mass is 379 g/mol. The minimum absolute atomic E-state index is 0.151. The van der Waals surface area contributed by atoms with Crippen molar-refractivity contribution < 1.29 is 14.1 Å². The fourth-order valence-corrected chi connectivity index (χ4v) is 3.82. The Hall–Kier alpha value is -1.51. The molecule has 0 radical (unpaired) electrons. The summed E-state index contributed by atoms with van der Waals surface area (Å²) >= 11 is 0. The fraction of sp³-hybridized carbons (Fsp3) is 0.842. The molecular formula is C19H33N5O3. The van der Waals surface area contributed by atoms with Gasteiger partial charge in [0.2, 0.25) is 11.8 Å². The van der Waals surface area contributed by atoms with E-state index in [1.165, 1.54) is 12.8 Å². The van der Waals surface area contributed by atoms with Gasteiger partial charge >= 0.3 is 0 Å². The third-order valence-electron chi connectivity index (χ3n) is 5.57. The highest BCUT2D eigenvalue weighted by Crippen LogP contribution is 2.19. The first-order valence-corrected chi connectivity index (χ1v) is 10.3. The second-order valence-corrected chi connectivity index (χ2v) is 7.53. The first-order chi connectivity index (χ1) is 13.2. The zero-order chi connectivity index (χ0) is 19.1. The number of amides is 1. The average molecular weight is 380 g/mol. The largest absolute Gasteiger partial charge is 0.371 e. The van der Waals surface area contributed by atoms with Gasteiger partial charge in [0.1, 0.15) is 6.10 Å². The lowest BCUT2D eigenvalue weighted by Gasteiger charge is -2.34. The summed E-state index contributed by atoms with van der Waals surface area (Å²) in [5.74, 6) is 2.22. The maximum atomic E-state index is 12.5. The second kappa shape index (κ2) is 10.1. The first-order valence-electron chi connectivity index (χ1n) is 10.3. The van der Waals surface area contributed by atoms with Crippen molar-refractivity contribution in [3.05, 3.63) is 11.7 Å². The molecule has 3 rings (SSSR count). The smallest absolute Gasteiger partial charge is 0.240 e. The van der Waals surface area contributed by atoms with Gasteiger partial charge < -0.3 is 19.5 Å². The predicted octanol–water partition coefficient (Wildman–Crippen LogP) is 1.59. The molecule has 1 amide bonds. The Bertz CT molecular complexity index is 580. The van der Waals surface area contributed by atoms with Crippen LogP contribution in [-0.2, 0) is 16.1 Å². The number of carbonyl (C=O) groups is 1. The molecule has 1 aromatic heterocycles. The van der Waals surface area contributed by atoms with Crippen molar-refractivity contribution in [1.82, 2.24) is 25.3 Å². The lowest BCUT2D eigenvalue weighted by Crippen LogP contribution is -2.48. The molecule has 0 saturated carbocycles. The maximum Gasteiger partial charge on any atom is 0.240 e. The van der Waals surface area contributed by atoms with E-state index >= 15 is 0 Å². The number of piperidine rings is 1. The van der Waals surface area contributed by atoms with Gasteiger partial charge in [-0.3, -0.25) is 9.69 Å². The standard InChI is InChI=1S/C19H33N5O3/c1-3-26-15(2)19-21-17(27-22-19)14-23-10-12-24(13-11-23)18(25)5-4-16-6-8-20-9-7-16/h15-16,20H,3-14H2,1-2H3. The van der Waals surface area contributed by atoms with E-state index in [9.17, 15) is 4.79 Å². The van der Waals surface area contributed by atoms with Gasteiger partial charge in [0, 0.05) is 39.2 Å². The molecule has 8 heteroatoms.